The highest BCUT2D eigenvalue weighted by Gasteiger charge is 2.40. The Balaban J connectivity index is 1.91. The van der Waals surface area contributed by atoms with Crippen molar-refractivity contribution in [2.75, 3.05) is 20.1 Å². The van der Waals surface area contributed by atoms with Crippen LogP contribution in [-0.2, 0) is 10.4 Å². The largest absolute Gasteiger partial charge is 0.372 e. The highest BCUT2D eigenvalue weighted by atomic mass is 16.3. The number of carbonyl (C=O) groups excluding carboxylic acids is 1. The zero-order valence-electron chi connectivity index (χ0n) is 14.0. The minimum Gasteiger partial charge on any atom is -0.372 e. The van der Waals surface area contributed by atoms with Crippen LogP contribution in [0.5, 0.6) is 0 Å². The van der Waals surface area contributed by atoms with Crippen molar-refractivity contribution in [3.63, 3.8) is 0 Å². The first-order valence-corrected chi connectivity index (χ1v) is 8.43. The summed E-state index contributed by atoms with van der Waals surface area (Å²) in [5, 5.41) is 14.4. The van der Waals surface area contributed by atoms with Gasteiger partial charge in [-0.2, -0.15) is 0 Å². The fourth-order valence-corrected chi connectivity index (χ4v) is 3.36. The van der Waals surface area contributed by atoms with Crippen LogP contribution < -0.4 is 5.32 Å². The third kappa shape index (κ3) is 3.35. The summed E-state index contributed by atoms with van der Waals surface area (Å²) in [6, 6.07) is 18.3. The average molecular weight is 324 g/mol. The molecule has 1 aliphatic heterocycles. The van der Waals surface area contributed by atoms with Crippen LogP contribution in [0.25, 0.3) is 0 Å². The van der Waals surface area contributed by atoms with Crippen molar-refractivity contribution in [2.45, 2.75) is 24.5 Å². The monoisotopic (exact) mass is 324 g/mol. The van der Waals surface area contributed by atoms with E-state index >= 15 is 0 Å². The fourth-order valence-electron chi connectivity index (χ4n) is 3.36. The lowest BCUT2D eigenvalue weighted by atomic mass is 9.85. The van der Waals surface area contributed by atoms with Crippen LogP contribution in [0.15, 0.2) is 60.7 Å². The Morgan fingerprint density at radius 2 is 1.62 bits per heavy atom. The van der Waals surface area contributed by atoms with Crippen molar-refractivity contribution >= 4 is 5.91 Å². The number of amides is 1. The molecule has 4 heteroatoms. The minimum atomic E-state index is -1.68. The highest BCUT2D eigenvalue weighted by Crippen LogP contribution is 2.30. The summed E-state index contributed by atoms with van der Waals surface area (Å²) in [5.41, 5.74) is -0.519. The van der Waals surface area contributed by atoms with Gasteiger partial charge < -0.3 is 15.3 Å². The second-order valence-corrected chi connectivity index (χ2v) is 6.52. The van der Waals surface area contributed by atoms with Gasteiger partial charge in [0, 0.05) is 12.6 Å². The number of likely N-dealkylation sites (N-methyl/N-ethyl adjacent to an activating group) is 1. The Hall–Kier alpha value is -2.17. The maximum Gasteiger partial charge on any atom is 0.261 e. The molecule has 2 N–H and O–H groups in total. The molecule has 0 bridgehead atoms. The maximum atomic E-state index is 13.1. The summed E-state index contributed by atoms with van der Waals surface area (Å²) in [6.45, 7) is 1.86. The van der Waals surface area contributed by atoms with Crippen molar-refractivity contribution in [1.82, 2.24) is 10.2 Å². The zero-order valence-corrected chi connectivity index (χ0v) is 14.0. The second kappa shape index (κ2) is 7.16. The summed E-state index contributed by atoms with van der Waals surface area (Å²) >= 11 is 0. The summed E-state index contributed by atoms with van der Waals surface area (Å²) < 4.78 is 0. The van der Waals surface area contributed by atoms with Crippen molar-refractivity contribution in [3.8, 4) is 0 Å². The van der Waals surface area contributed by atoms with E-state index in [0.717, 1.165) is 25.9 Å². The van der Waals surface area contributed by atoms with Gasteiger partial charge in [-0.3, -0.25) is 4.79 Å². The third-order valence-electron chi connectivity index (χ3n) is 4.67. The lowest BCUT2D eigenvalue weighted by Crippen LogP contribution is -2.53. The topological polar surface area (TPSA) is 52.6 Å². The number of carbonyl (C=O) groups is 1. The molecule has 0 aliphatic carbocycles. The van der Waals surface area contributed by atoms with Crippen molar-refractivity contribution in [3.05, 3.63) is 71.8 Å². The molecule has 2 aromatic carbocycles. The molecule has 0 unspecified atom stereocenters. The lowest BCUT2D eigenvalue weighted by Gasteiger charge is -2.34. The van der Waals surface area contributed by atoms with Crippen LogP contribution >= 0.6 is 0 Å². The van der Waals surface area contributed by atoms with Gasteiger partial charge in [-0.25, -0.2) is 0 Å². The molecule has 2 aromatic rings. The molecule has 1 amide bonds. The summed E-state index contributed by atoms with van der Waals surface area (Å²) in [6.07, 6.45) is 1.99. The van der Waals surface area contributed by atoms with Crippen LogP contribution in [0, 0.1) is 0 Å². The molecule has 0 spiro atoms. The van der Waals surface area contributed by atoms with Gasteiger partial charge in [0.15, 0.2) is 5.60 Å². The van der Waals surface area contributed by atoms with E-state index < -0.39 is 5.60 Å². The number of aliphatic hydroxyl groups is 1. The standard InChI is InChI=1S/C20H24N2O2/c1-22-14-8-13-18(15-22)21-19(23)20(24,16-9-4-2-5-10-16)17-11-6-3-7-12-17/h2-7,9-12,18,24H,8,13-15H2,1H3,(H,21,23)/t18-/m0/s1. The van der Waals surface area contributed by atoms with E-state index in [9.17, 15) is 9.90 Å². The van der Waals surface area contributed by atoms with Crippen LogP contribution in [0.2, 0.25) is 0 Å². The maximum absolute atomic E-state index is 13.1. The molecule has 1 aliphatic rings. The van der Waals surface area contributed by atoms with E-state index in [0.29, 0.717) is 11.1 Å². The Kier molecular flexibility index (Phi) is 4.97. The van der Waals surface area contributed by atoms with Crippen LogP contribution in [-0.4, -0.2) is 42.1 Å². The van der Waals surface area contributed by atoms with Crippen molar-refractivity contribution in [1.29, 1.82) is 0 Å². The van der Waals surface area contributed by atoms with Crippen molar-refractivity contribution < 1.29 is 9.90 Å². The lowest BCUT2D eigenvalue weighted by molar-refractivity contribution is -0.137. The van der Waals surface area contributed by atoms with Gasteiger partial charge in [0.2, 0.25) is 0 Å². The van der Waals surface area contributed by atoms with Gasteiger partial charge in [0.1, 0.15) is 0 Å². The molecule has 24 heavy (non-hydrogen) atoms. The Bertz CT molecular complexity index is 633. The number of hydrogen-bond acceptors (Lipinski definition) is 3. The van der Waals surface area contributed by atoms with Gasteiger partial charge in [-0.1, -0.05) is 60.7 Å². The number of benzene rings is 2. The number of hydrogen-bond donors (Lipinski definition) is 2. The Labute approximate surface area is 143 Å². The minimum absolute atomic E-state index is 0.0650. The number of nitrogens with one attached hydrogen (secondary N) is 1. The van der Waals surface area contributed by atoms with Gasteiger partial charge in [0.05, 0.1) is 0 Å². The van der Waals surface area contributed by atoms with Gasteiger partial charge in [0.25, 0.3) is 5.91 Å². The first-order chi connectivity index (χ1) is 11.6. The Morgan fingerprint density at radius 1 is 1.08 bits per heavy atom. The molecule has 0 saturated carbocycles. The van der Waals surface area contributed by atoms with E-state index in [2.05, 4.69) is 17.3 Å². The van der Waals surface area contributed by atoms with E-state index in [1.165, 1.54) is 0 Å². The molecule has 4 nitrogen and oxygen atoms in total. The smallest absolute Gasteiger partial charge is 0.261 e. The predicted molar refractivity (Wildman–Crippen MR) is 94.5 cm³/mol. The van der Waals surface area contributed by atoms with E-state index in [1.54, 1.807) is 24.3 Å². The van der Waals surface area contributed by atoms with E-state index in [1.807, 2.05) is 36.4 Å². The van der Waals surface area contributed by atoms with Crippen molar-refractivity contribution in [2.24, 2.45) is 0 Å². The van der Waals surface area contributed by atoms with Gasteiger partial charge in [-0.15, -0.1) is 0 Å². The van der Waals surface area contributed by atoms with E-state index in [4.69, 9.17) is 0 Å². The number of nitrogens with zero attached hydrogens (tertiary/aromatic N) is 1. The highest BCUT2D eigenvalue weighted by molar-refractivity contribution is 5.90. The molecule has 126 valence electrons. The molecular formula is C20H24N2O2. The first kappa shape index (κ1) is 16.7. The molecule has 1 fully saturated rings. The molecule has 1 saturated heterocycles. The number of piperidine rings is 1. The predicted octanol–water partition coefficient (Wildman–Crippen LogP) is 2.13. The molecule has 3 rings (SSSR count). The summed E-state index contributed by atoms with van der Waals surface area (Å²) in [4.78, 5) is 15.3. The zero-order chi connectivity index (χ0) is 17.0. The quantitative estimate of drug-likeness (QED) is 0.906. The normalized spacial score (nSPS) is 19.0. The fraction of sp³-hybridized carbons (Fsp3) is 0.350. The molecule has 1 heterocycles. The number of likely N-dealkylation sites (tertiary alicyclic amines) is 1. The second-order valence-electron chi connectivity index (χ2n) is 6.52. The van der Waals surface area contributed by atoms with E-state index in [-0.39, 0.29) is 11.9 Å². The number of rotatable bonds is 4. The van der Waals surface area contributed by atoms with Crippen LogP contribution in [0.3, 0.4) is 0 Å². The van der Waals surface area contributed by atoms with Crippen LogP contribution in [0.1, 0.15) is 24.0 Å². The summed E-state index contributed by atoms with van der Waals surface area (Å²) in [5.74, 6) is -0.361. The molecule has 0 radical (unpaired) electrons. The average Bonchev–Trinajstić information content (AvgIpc) is 2.62. The molecule has 0 aromatic heterocycles. The third-order valence-corrected chi connectivity index (χ3v) is 4.67. The van der Waals surface area contributed by atoms with Crippen LogP contribution in [0.4, 0.5) is 0 Å². The molecule has 1 atom stereocenters. The Morgan fingerprint density at radius 3 is 2.12 bits per heavy atom. The SMILES string of the molecule is CN1CCC[C@H](NC(=O)C(O)(c2ccccc2)c2ccccc2)C1. The van der Waals surface area contributed by atoms with Gasteiger partial charge >= 0.3 is 0 Å². The molecular weight excluding hydrogens is 300 g/mol. The summed E-state index contributed by atoms with van der Waals surface area (Å²) in [7, 11) is 2.05. The first-order valence-electron chi connectivity index (χ1n) is 8.43. The van der Waals surface area contributed by atoms with Gasteiger partial charge in [-0.05, 0) is 37.6 Å².